The van der Waals surface area contributed by atoms with E-state index in [9.17, 15) is 0 Å². The van der Waals surface area contributed by atoms with Crippen LogP contribution in [0.25, 0.3) is 88.0 Å². The van der Waals surface area contributed by atoms with Gasteiger partial charge in [-0.2, -0.15) is 0 Å². The van der Waals surface area contributed by atoms with Gasteiger partial charge in [0.25, 0.3) is 0 Å². The monoisotopic (exact) mass is 739 g/mol. The Hall–Kier alpha value is -7.68. The Morgan fingerprint density at radius 2 is 0.776 bits per heavy atom. The molecule has 0 unspecified atom stereocenters. The quantitative estimate of drug-likeness (QED) is 0.151. The lowest BCUT2D eigenvalue weighted by atomic mass is 9.88. The molecule has 0 saturated heterocycles. The zero-order chi connectivity index (χ0) is 38.4. The largest absolute Gasteiger partial charge is 0.456 e. The Bertz CT molecular complexity index is 3260. The molecule has 58 heavy (non-hydrogen) atoms. The van der Waals surface area contributed by atoms with Crippen LogP contribution in [0.3, 0.4) is 0 Å². The van der Waals surface area contributed by atoms with E-state index in [0.717, 1.165) is 44.4 Å². The third-order valence-electron chi connectivity index (χ3n) is 11.4. The lowest BCUT2D eigenvalue weighted by molar-refractivity contribution is 0.669. The molecule has 1 heterocycles. The van der Waals surface area contributed by atoms with Crippen LogP contribution in [-0.2, 0) is 0 Å². The van der Waals surface area contributed by atoms with Gasteiger partial charge in [0.1, 0.15) is 11.2 Å². The van der Waals surface area contributed by atoms with Gasteiger partial charge in [-0.3, -0.25) is 0 Å². The Morgan fingerprint density at radius 1 is 0.259 bits per heavy atom. The number of fused-ring (bicyclic) bond motifs is 6. The number of hydrogen-bond donors (Lipinski definition) is 0. The maximum Gasteiger partial charge on any atom is 0.136 e. The predicted octanol–water partition coefficient (Wildman–Crippen LogP) is 16.0. The van der Waals surface area contributed by atoms with Gasteiger partial charge in [-0.25, -0.2) is 0 Å². The molecule has 0 spiro atoms. The summed E-state index contributed by atoms with van der Waals surface area (Å²) in [5, 5.41) is 7.04. The fourth-order valence-corrected chi connectivity index (χ4v) is 8.64. The Kier molecular flexibility index (Phi) is 8.19. The summed E-state index contributed by atoms with van der Waals surface area (Å²) in [5.74, 6) is 0. The van der Waals surface area contributed by atoms with Gasteiger partial charge in [0.05, 0.1) is 0 Å². The van der Waals surface area contributed by atoms with Gasteiger partial charge in [0, 0.05) is 27.8 Å². The molecule has 11 rings (SSSR count). The van der Waals surface area contributed by atoms with Gasteiger partial charge in [0.15, 0.2) is 0 Å². The van der Waals surface area contributed by atoms with Crippen molar-refractivity contribution in [2.24, 2.45) is 0 Å². The molecular weight excluding hydrogens is 703 g/mol. The van der Waals surface area contributed by atoms with Crippen molar-refractivity contribution in [1.82, 2.24) is 0 Å². The van der Waals surface area contributed by atoms with E-state index in [0.29, 0.717) is 0 Å². The van der Waals surface area contributed by atoms with Gasteiger partial charge in [0.2, 0.25) is 0 Å². The van der Waals surface area contributed by atoms with E-state index >= 15 is 0 Å². The van der Waals surface area contributed by atoms with Gasteiger partial charge < -0.3 is 9.32 Å². The highest BCUT2D eigenvalue weighted by Crippen LogP contribution is 2.44. The summed E-state index contributed by atoms with van der Waals surface area (Å²) in [5.41, 5.74) is 14.6. The summed E-state index contributed by atoms with van der Waals surface area (Å²) in [6, 6.07) is 80.8. The first kappa shape index (κ1) is 33.6. The average Bonchev–Trinajstić information content (AvgIpc) is 3.67. The van der Waals surface area contributed by atoms with E-state index in [1.807, 2.05) is 12.1 Å². The van der Waals surface area contributed by atoms with Crippen molar-refractivity contribution in [3.63, 3.8) is 0 Å². The van der Waals surface area contributed by atoms with Crippen molar-refractivity contribution < 1.29 is 4.42 Å². The maximum absolute atomic E-state index is 6.29. The highest BCUT2D eigenvalue weighted by atomic mass is 16.3. The summed E-state index contributed by atoms with van der Waals surface area (Å²) in [4.78, 5) is 2.38. The molecule has 0 N–H and O–H groups in total. The number of anilines is 3. The van der Waals surface area contributed by atoms with Crippen LogP contribution in [0.15, 0.2) is 229 Å². The molecular formula is C56H37NO. The van der Waals surface area contributed by atoms with Gasteiger partial charge in [-0.15, -0.1) is 0 Å². The molecule has 2 nitrogen and oxygen atoms in total. The standard InChI is InChI=1S/C56H37NO/c1-5-15-38(16-6-1)47-31-28-42(33-50(47)39-17-7-2-8-18-39)48-32-30-46(35-51(48)40-19-9-3-10-20-40)57(44-21-11-4-12-22-44)45-29-27-41-25-26-43-34-56-54(37-53(43)52(41)36-45)49-23-13-14-24-55(49)58-56/h1-37H. The third-order valence-corrected chi connectivity index (χ3v) is 11.4. The molecule has 0 atom stereocenters. The molecule has 0 bridgehead atoms. The van der Waals surface area contributed by atoms with Crippen molar-refractivity contribution in [3.8, 4) is 44.5 Å². The van der Waals surface area contributed by atoms with Crippen molar-refractivity contribution >= 4 is 60.5 Å². The summed E-state index contributed by atoms with van der Waals surface area (Å²) < 4.78 is 6.29. The SMILES string of the molecule is c1ccc(-c2ccc(-c3ccc(N(c4ccccc4)c4ccc5ccc6cc7oc8ccccc8c7cc6c5c4)cc3-c3ccccc3)cc2-c2ccccc2)cc1. The molecule has 10 aromatic carbocycles. The van der Waals surface area contributed by atoms with E-state index in [1.54, 1.807) is 0 Å². The van der Waals surface area contributed by atoms with Crippen LogP contribution in [0, 0.1) is 0 Å². The number of furan rings is 1. The second kappa shape index (κ2) is 14.1. The highest BCUT2D eigenvalue weighted by Gasteiger charge is 2.19. The topological polar surface area (TPSA) is 16.4 Å². The van der Waals surface area contributed by atoms with Gasteiger partial charge in [-0.1, -0.05) is 164 Å². The molecule has 2 heteroatoms. The number of nitrogens with zero attached hydrogens (tertiary/aromatic N) is 1. The van der Waals surface area contributed by atoms with Crippen LogP contribution in [0.1, 0.15) is 0 Å². The number of rotatable bonds is 7. The first-order valence-electron chi connectivity index (χ1n) is 19.8. The molecule has 11 aromatic rings. The first-order valence-corrected chi connectivity index (χ1v) is 19.8. The number of benzene rings is 10. The molecule has 0 aliphatic rings. The fraction of sp³-hybridized carbons (Fsp3) is 0. The van der Waals surface area contributed by atoms with Crippen molar-refractivity contribution in [1.29, 1.82) is 0 Å². The predicted molar refractivity (Wildman–Crippen MR) is 245 cm³/mol. The second-order valence-corrected chi connectivity index (χ2v) is 14.9. The lowest BCUT2D eigenvalue weighted by Crippen LogP contribution is -2.10. The summed E-state index contributed by atoms with van der Waals surface area (Å²) in [7, 11) is 0. The van der Waals surface area contributed by atoms with Crippen molar-refractivity contribution in [2.45, 2.75) is 0 Å². The van der Waals surface area contributed by atoms with Crippen LogP contribution in [0.5, 0.6) is 0 Å². The van der Waals surface area contributed by atoms with E-state index in [-0.39, 0.29) is 0 Å². The molecule has 272 valence electrons. The van der Waals surface area contributed by atoms with Crippen molar-refractivity contribution in [3.05, 3.63) is 224 Å². The first-order chi connectivity index (χ1) is 28.7. The molecule has 0 saturated carbocycles. The summed E-state index contributed by atoms with van der Waals surface area (Å²) in [6.07, 6.45) is 0. The highest BCUT2D eigenvalue weighted by molar-refractivity contribution is 6.17. The second-order valence-electron chi connectivity index (χ2n) is 14.9. The van der Waals surface area contributed by atoms with E-state index in [2.05, 4.69) is 217 Å². The Morgan fingerprint density at radius 3 is 1.50 bits per heavy atom. The molecule has 1 aromatic heterocycles. The van der Waals surface area contributed by atoms with Crippen LogP contribution >= 0.6 is 0 Å². The average molecular weight is 740 g/mol. The van der Waals surface area contributed by atoms with Crippen molar-refractivity contribution in [2.75, 3.05) is 4.90 Å². The van der Waals surface area contributed by atoms with Gasteiger partial charge in [-0.05, 0) is 127 Å². The van der Waals surface area contributed by atoms with Crippen LogP contribution in [0.2, 0.25) is 0 Å². The zero-order valence-electron chi connectivity index (χ0n) is 31.7. The van der Waals surface area contributed by atoms with E-state index < -0.39 is 0 Å². The Balaban J connectivity index is 1.10. The lowest BCUT2D eigenvalue weighted by Gasteiger charge is -2.27. The smallest absolute Gasteiger partial charge is 0.136 e. The summed E-state index contributed by atoms with van der Waals surface area (Å²) >= 11 is 0. The molecule has 0 aliphatic heterocycles. The normalized spacial score (nSPS) is 11.4. The number of hydrogen-bond acceptors (Lipinski definition) is 2. The van der Waals surface area contributed by atoms with Crippen LogP contribution < -0.4 is 4.90 Å². The zero-order valence-corrected chi connectivity index (χ0v) is 31.7. The van der Waals surface area contributed by atoms with E-state index in [1.165, 1.54) is 60.7 Å². The fourth-order valence-electron chi connectivity index (χ4n) is 8.64. The minimum atomic E-state index is 0.911. The molecule has 0 fully saturated rings. The maximum atomic E-state index is 6.29. The third kappa shape index (κ3) is 5.91. The van der Waals surface area contributed by atoms with Crippen LogP contribution in [0.4, 0.5) is 17.1 Å². The van der Waals surface area contributed by atoms with Gasteiger partial charge >= 0.3 is 0 Å². The summed E-state index contributed by atoms with van der Waals surface area (Å²) in [6.45, 7) is 0. The molecule has 0 radical (unpaired) electrons. The van der Waals surface area contributed by atoms with E-state index in [4.69, 9.17) is 4.42 Å². The van der Waals surface area contributed by atoms with Crippen LogP contribution in [-0.4, -0.2) is 0 Å². The minimum Gasteiger partial charge on any atom is -0.456 e. The number of para-hydroxylation sites is 2. The molecule has 0 amide bonds. The Labute approximate surface area is 337 Å². The molecule has 0 aliphatic carbocycles. The minimum absolute atomic E-state index is 0.911.